The first-order valence-corrected chi connectivity index (χ1v) is 6.71. The number of urea groups is 1. The molecule has 0 heterocycles. The highest BCUT2D eigenvalue weighted by molar-refractivity contribution is 5.76. The molecule has 1 aliphatic rings. The van der Waals surface area contributed by atoms with Crippen molar-refractivity contribution in [3.8, 4) is 0 Å². The van der Waals surface area contributed by atoms with Crippen molar-refractivity contribution in [3.63, 3.8) is 0 Å². The molecule has 1 saturated carbocycles. The number of hydrogen-bond acceptors (Lipinski definition) is 2. The molecular formula is C13H24N2O3. The standard InChI is InChI=1S/C13H24N2O3/c1-4-13(7-5-8-13)14-12(18)15(10(2)3)9-6-11(16)17/h10H,4-9H2,1-3H3,(H,14,18)(H,16,17). The Morgan fingerprint density at radius 2 is 2.00 bits per heavy atom. The van der Waals surface area contributed by atoms with E-state index < -0.39 is 5.97 Å². The van der Waals surface area contributed by atoms with Crippen LogP contribution in [0.3, 0.4) is 0 Å². The molecule has 2 N–H and O–H groups in total. The van der Waals surface area contributed by atoms with Crippen LogP contribution >= 0.6 is 0 Å². The molecule has 0 bridgehead atoms. The predicted molar refractivity (Wildman–Crippen MR) is 69.5 cm³/mol. The normalized spacial score (nSPS) is 17.1. The Kier molecular flexibility index (Phi) is 4.99. The van der Waals surface area contributed by atoms with Gasteiger partial charge in [0.1, 0.15) is 0 Å². The largest absolute Gasteiger partial charge is 0.481 e. The third-order valence-corrected chi connectivity index (χ3v) is 3.81. The van der Waals surface area contributed by atoms with Gasteiger partial charge in [-0.05, 0) is 39.5 Å². The van der Waals surface area contributed by atoms with Crippen LogP contribution in [0.5, 0.6) is 0 Å². The van der Waals surface area contributed by atoms with Crippen LogP contribution in [0.1, 0.15) is 52.9 Å². The highest BCUT2D eigenvalue weighted by atomic mass is 16.4. The number of hydrogen-bond donors (Lipinski definition) is 2. The van der Waals surface area contributed by atoms with Gasteiger partial charge >= 0.3 is 12.0 Å². The van der Waals surface area contributed by atoms with Gasteiger partial charge in [0.2, 0.25) is 0 Å². The molecular weight excluding hydrogens is 232 g/mol. The maximum absolute atomic E-state index is 12.2. The van der Waals surface area contributed by atoms with Gasteiger partial charge in [-0.15, -0.1) is 0 Å². The quantitative estimate of drug-likeness (QED) is 0.765. The Labute approximate surface area is 109 Å². The number of aliphatic carboxylic acids is 1. The molecule has 0 spiro atoms. The number of nitrogens with one attached hydrogen (secondary N) is 1. The highest BCUT2D eigenvalue weighted by Gasteiger charge is 2.37. The minimum atomic E-state index is -0.873. The first kappa shape index (κ1) is 14.8. The van der Waals surface area contributed by atoms with Crippen LogP contribution in [-0.2, 0) is 4.79 Å². The summed E-state index contributed by atoms with van der Waals surface area (Å²) in [7, 11) is 0. The molecule has 5 nitrogen and oxygen atoms in total. The van der Waals surface area contributed by atoms with E-state index in [-0.39, 0.29) is 30.6 Å². The fourth-order valence-corrected chi connectivity index (χ4v) is 2.28. The van der Waals surface area contributed by atoms with Crippen molar-refractivity contribution in [1.29, 1.82) is 0 Å². The van der Waals surface area contributed by atoms with Gasteiger partial charge in [0.15, 0.2) is 0 Å². The lowest BCUT2D eigenvalue weighted by molar-refractivity contribution is -0.137. The van der Waals surface area contributed by atoms with E-state index in [2.05, 4.69) is 12.2 Å². The highest BCUT2D eigenvalue weighted by Crippen LogP contribution is 2.34. The molecule has 0 aromatic heterocycles. The van der Waals surface area contributed by atoms with Crippen molar-refractivity contribution in [2.75, 3.05) is 6.54 Å². The molecule has 1 rings (SSSR count). The van der Waals surface area contributed by atoms with Gasteiger partial charge in [-0.1, -0.05) is 6.92 Å². The van der Waals surface area contributed by atoms with E-state index in [4.69, 9.17) is 5.11 Å². The lowest BCUT2D eigenvalue weighted by atomic mass is 9.75. The van der Waals surface area contributed by atoms with Crippen LogP contribution in [0.25, 0.3) is 0 Å². The summed E-state index contributed by atoms with van der Waals surface area (Å²) in [5.41, 5.74) is -0.0482. The maximum Gasteiger partial charge on any atom is 0.318 e. The summed E-state index contributed by atoms with van der Waals surface area (Å²) in [5.74, 6) is -0.873. The Bertz CT molecular complexity index is 306. The summed E-state index contributed by atoms with van der Waals surface area (Å²) in [6.07, 6.45) is 4.14. The van der Waals surface area contributed by atoms with Gasteiger partial charge in [-0.25, -0.2) is 4.79 Å². The van der Waals surface area contributed by atoms with Crippen LogP contribution in [0.4, 0.5) is 4.79 Å². The van der Waals surface area contributed by atoms with Gasteiger partial charge in [-0.2, -0.15) is 0 Å². The van der Waals surface area contributed by atoms with E-state index in [0.29, 0.717) is 0 Å². The Hall–Kier alpha value is -1.26. The molecule has 2 amide bonds. The number of carboxylic acids is 1. The number of carboxylic acid groups (broad SMARTS) is 1. The summed E-state index contributed by atoms with van der Waals surface area (Å²) in [4.78, 5) is 24.4. The number of carbonyl (C=O) groups excluding carboxylic acids is 1. The SMILES string of the molecule is CCC1(NC(=O)N(CCC(=O)O)C(C)C)CCC1. The third kappa shape index (κ3) is 3.62. The van der Waals surface area contributed by atoms with Crippen molar-refractivity contribution < 1.29 is 14.7 Å². The maximum atomic E-state index is 12.2. The molecule has 0 saturated heterocycles. The van der Waals surface area contributed by atoms with Gasteiger partial charge in [0.05, 0.1) is 6.42 Å². The molecule has 0 aliphatic heterocycles. The average Bonchev–Trinajstić information content (AvgIpc) is 2.22. The van der Waals surface area contributed by atoms with Gasteiger partial charge in [-0.3, -0.25) is 4.79 Å². The van der Waals surface area contributed by atoms with E-state index in [1.165, 1.54) is 0 Å². The topological polar surface area (TPSA) is 69.6 Å². The number of rotatable bonds is 6. The molecule has 0 aromatic carbocycles. The second-order valence-electron chi connectivity index (χ2n) is 5.35. The molecule has 18 heavy (non-hydrogen) atoms. The number of amides is 2. The second kappa shape index (κ2) is 6.07. The Balaban J connectivity index is 2.56. The summed E-state index contributed by atoms with van der Waals surface area (Å²) in [6.45, 7) is 6.15. The van der Waals surface area contributed by atoms with E-state index >= 15 is 0 Å². The lowest BCUT2D eigenvalue weighted by Crippen LogP contribution is -2.58. The minimum Gasteiger partial charge on any atom is -0.481 e. The first-order chi connectivity index (χ1) is 8.40. The molecule has 104 valence electrons. The van der Waals surface area contributed by atoms with Crippen molar-refractivity contribution >= 4 is 12.0 Å². The zero-order valence-corrected chi connectivity index (χ0v) is 11.5. The lowest BCUT2D eigenvalue weighted by Gasteiger charge is -2.43. The number of carbonyl (C=O) groups is 2. The van der Waals surface area contributed by atoms with Crippen molar-refractivity contribution in [2.45, 2.75) is 64.5 Å². The zero-order valence-electron chi connectivity index (χ0n) is 11.5. The minimum absolute atomic E-state index is 0.00920. The Morgan fingerprint density at radius 1 is 1.39 bits per heavy atom. The molecule has 5 heteroatoms. The van der Waals surface area contributed by atoms with Crippen LogP contribution in [0.15, 0.2) is 0 Å². The summed E-state index contributed by atoms with van der Waals surface area (Å²) >= 11 is 0. The summed E-state index contributed by atoms with van der Waals surface area (Å²) in [6, 6.07) is -0.119. The summed E-state index contributed by atoms with van der Waals surface area (Å²) < 4.78 is 0. The van der Waals surface area contributed by atoms with Crippen LogP contribution < -0.4 is 5.32 Å². The number of nitrogens with zero attached hydrogens (tertiary/aromatic N) is 1. The van der Waals surface area contributed by atoms with Crippen LogP contribution in [0, 0.1) is 0 Å². The first-order valence-electron chi connectivity index (χ1n) is 6.71. The Morgan fingerprint density at radius 3 is 2.33 bits per heavy atom. The molecule has 0 atom stereocenters. The molecule has 1 fully saturated rings. The zero-order chi connectivity index (χ0) is 13.8. The van der Waals surface area contributed by atoms with Gasteiger partial charge in [0.25, 0.3) is 0 Å². The molecule has 0 unspecified atom stereocenters. The van der Waals surface area contributed by atoms with Crippen LogP contribution in [-0.4, -0.2) is 40.1 Å². The monoisotopic (exact) mass is 256 g/mol. The van der Waals surface area contributed by atoms with E-state index in [1.807, 2.05) is 13.8 Å². The summed E-state index contributed by atoms with van der Waals surface area (Å²) in [5, 5.41) is 11.8. The second-order valence-corrected chi connectivity index (χ2v) is 5.35. The van der Waals surface area contributed by atoms with E-state index in [9.17, 15) is 9.59 Å². The van der Waals surface area contributed by atoms with Crippen molar-refractivity contribution in [1.82, 2.24) is 10.2 Å². The van der Waals surface area contributed by atoms with E-state index in [1.54, 1.807) is 4.90 Å². The van der Waals surface area contributed by atoms with Crippen molar-refractivity contribution in [3.05, 3.63) is 0 Å². The fourth-order valence-electron chi connectivity index (χ4n) is 2.28. The average molecular weight is 256 g/mol. The van der Waals surface area contributed by atoms with Crippen LogP contribution in [0.2, 0.25) is 0 Å². The van der Waals surface area contributed by atoms with Crippen molar-refractivity contribution in [2.24, 2.45) is 0 Å². The molecule has 0 radical (unpaired) electrons. The van der Waals surface area contributed by atoms with Gasteiger partial charge in [0, 0.05) is 18.1 Å². The predicted octanol–water partition coefficient (Wildman–Crippen LogP) is 2.21. The van der Waals surface area contributed by atoms with Gasteiger partial charge < -0.3 is 15.3 Å². The third-order valence-electron chi connectivity index (χ3n) is 3.81. The fraction of sp³-hybridized carbons (Fsp3) is 0.846. The molecule has 0 aromatic rings. The molecule has 1 aliphatic carbocycles. The smallest absolute Gasteiger partial charge is 0.318 e. The van der Waals surface area contributed by atoms with E-state index in [0.717, 1.165) is 25.7 Å².